The first-order valence-electron chi connectivity index (χ1n) is 9.59. The molecular weight excluding hydrogens is 344 g/mol. The predicted molar refractivity (Wildman–Crippen MR) is 102 cm³/mol. The van der Waals surface area contributed by atoms with Crippen LogP contribution >= 0.6 is 0 Å². The van der Waals surface area contributed by atoms with Crippen molar-refractivity contribution >= 4 is 17.6 Å². The number of hydrogen-bond donors (Lipinski definition) is 3. The summed E-state index contributed by atoms with van der Waals surface area (Å²) in [5.41, 5.74) is 2.55. The summed E-state index contributed by atoms with van der Waals surface area (Å²) in [5, 5.41) is 20.6. The highest BCUT2D eigenvalue weighted by molar-refractivity contribution is 5.94. The van der Waals surface area contributed by atoms with Crippen molar-refractivity contribution in [2.24, 2.45) is 5.92 Å². The van der Waals surface area contributed by atoms with Gasteiger partial charge in [-0.1, -0.05) is 6.92 Å². The van der Waals surface area contributed by atoms with Crippen molar-refractivity contribution in [1.29, 1.82) is 0 Å². The topological polar surface area (TPSA) is 96.3 Å². The maximum Gasteiger partial charge on any atom is 0.342 e. The molecule has 1 heterocycles. The lowest BCUT2D eigenvalue weighted by Gasteiger charge is -2.07. The number of benzene rings is 1. The third-order valence-electron chi connectivity index (χ3n) is 4.94. The first-order valence-corrected chi connectivity index (χ1v) is 9.59. The fraction of sp³-hybridized carbons (Fsp3) is 0.450. The van der Waals surface area contributed by atoms with E-state index in [4.69, 9.17) is 0 Å². The van der Waals surface area contributed by atoms with Gasteiger partial charge in [-0.3, -0.25) is 4.79 Å². The lowest BCUT2D eigenvalue weighted by Crippen LogP contribution is -2.31. The number of phenols is 1. The summed E-state index contributed by atoms with van der Waals surface area (Å²) in [6, 6.07) is 6.65. The Kier molecular flexibility index (Phi) is 4.59. The Balaban J connectivity index is 1.58. The van der Waals surface area contributed by atoms with Crippen LogP contribution in [0.1, 0.15) is 50.6 Å². The van der Waals surface area contributed by atoms with E-state index in [0.717, 1.165) is 37.8 Å². The van der Waals surface area contributed by atoms with Crippen LogP contribution in [0.15, 0.2) is 24.3 Å². The molecule has 27 heavy (non-hydrogen) atoms. The molecule has 2 aromatic rings. The number of nitrogens with zero attached hydrogens (tertiary/aromatic N) is 2. The molecule has 2 aliphatic carbocycles. The van der Waals surface area contributed by atoms with E-state index in [1.165, 1.54) is 10.7 Å². The molecule has 0 unspecified atom stereocenters. The van der Waals surface area contributed by atoms with Crippen LogP contribution in [0.4, 0.5) is 10.5 Å². The van der Waals surface area contributed by atoms with Crippen LogP contribution in [-0.2, 0) is 4.79 Å². The number of rotatable bonds is 6. The lowest BCUT2D eigenvalue weighted by molar-refractivity contribution is -0.117. The predicted octanol–water partition coefficient (Wildman–Crippen LogP) is 3.45. The number of anilines is 1. The van der Waals surface area contributed by atoms with Gasteiger partial charge in [-0.2, -0.15) is 9.78 Å². The summed E-state index contributed by atoms with van der Waals surface area (Å²) >= 11 is 0. The molecule has 4 rings (SSSR count). The number of carbonyl (C=O) groups is 2. The number of nitrogens with one attached hydrogen (secondary N) is 2. The average molecular weight is 368 g/mol. The van der Waals surface area contributed by atoms with Crippen molar-refractivity contribution in [3.05, 3.63) is 30.0 Å². The Morgan fingerprint density at radius 2 is 2.00 bits per heavy atom. The summed E-state index contributed by atoms with van der Waals surface area (Å²) in [5.74, 6) is 0.475. The van der Waals surface area contributed by atoms with Gasteiger partial charge in [0.15, 0.2) is 0 Å². The standard InChI is InChI=1S/C20H24N4O3/c1-2-9-21-20(27)24-17(12-3-4-12)11-16(23-24)15-8-7-14(10-18(15)25)22-19(26)13-5-6-13/h7-8,10-13,25H,2-6,9H2,1H3,(H,21,27)(H,22,26). The van der Waals surface area contributed by atoms with Gasteiger partial charge in [0.1, 0.15) is 5.75 Å². The van der Waals surface area contributed by atoms with Crippen molar-refractivity contribution in [2.75, 3.05) is 11.9 Å². The molecule has 0 spiro atoms. The molecule has 0 saturated heterocycles. The van der Waals surface area contributed by atoms with Crippen LogP contribution < -0.4 is 10.6 Å². The molecule has 7 heteroatoms. The van der Waals surface area contributed by atoms with Gasteiger partial charge >= 0.3 is 6.03 Å². The second-order valence-corrected chi connectivity index (χ2v) is 7.37. The van der Waals surface area contributed by atoms with Crippen LogP contribution in [-0.4, -0.2) is 33.4 Å². The second-order valence-electron chi connectivity index (χ2n) is 7.37. The fourth-order valence-electron chi connectivity index (χ4n) is 3.08. The van der Waals surface area contributed by atoms with E-state index in [0.29, 0.717) is 29.4 Å². The van der Waals surface area contributed by atoms with E-state index in [2.05, 4.69) is 15.7 Å². The Labute approximate surface area is 157 Å². The Morgan fingerprint density at radius 3 is 2.63 bits per heavy atom. The smallest absolute Gasteiger partial charge is 0.342 e. The van der Waals surface area contributed by atoms with Crippen molar-refractivity contribution in [3.8, 4) is 17.0 Å². The fourth-order valence-corrected chi connectivity index (χ4v) is 3.08. The maximum atomic E-state index is 12.4. The highest BCUT2D eigenvalue weighted by Gasteiger charge is 2.31. The van der Waals surface area contributed by atoms with E-state index in [9.17, 15) is 14.7 Å². The van der Waals surface area contributed by atoms with Gasteiger partial charge in [0.05, 0.1) is 11.4 Å². The molecule has 0 atom stereocenters. The number of aromatic nitrogens is 2. The molecule has 2 saturated carbocycles. The molecule has 0 radical (unpaired) electrons. The summed E-state index contributed by atoms with van der Waals surface area (Å²) < 4.78 is 1.42. The molecule has 2 aliphatic rings. The first kappa shape index (κ1) is 17.6. The monoisotopic (exact) mass is 368 g/mol. The number of hydrogen-bond acceptors (Lipinski definition) is 4. The average Bonchev–Trinajstić information content (AvgIpc) is 3.57. The third kappa shape index (κ3) is 3.82. The van der Waals surface area contributed by atoms with E-state index >= 15 is 0 Å². The zero-order chi connectivity index (χ0) is 19.0. The summed E-state index contributed by atoms with van der Waals surface area (Å²) in [6.45, 7) is 2.59. The van der Waals surface area contributed by atoms with Crippen molar-refractivity contribution in [3.63, 3.8) is 0 Å². The SMILES string of the molecule is CCCNC(=O)n1nc(-c2ccc(NC(=O)C3CC3)cc2O)cc1C1CC1. The minimum Gasteiger partial charge on any atom is -0.507 e. The Hall–Kier alpha value is -2.83. The summed E-state index contributed by atoms with van der Waals surface area (Å²) in [6.07, 6.45) is 4.80. The first-order chi connectivity index (χ1) is 13.1. The van der Waals surface area contributed by atoms with Crippen LogP contribution in [0, 0.1) is 5.92 Å². The van der Waals surface area contributed by atoms with Gasteiger partial charge < -0.3 is 15.7 Å². The number of amides is 2. The van der Waals surface area contributed by atoms with Crippen LogP contribution in [0.5, 0.6) is 5.75 Å². The largest absolute Gasteiger partial charge is 0.507 e. The van der Waals surface area contributed by atoms with Crippen LogP contribution in [0.25, 0.3) is 11.3 Å². The molecule has 0 aliphatic heterocycles. The number of carbonyl (C=O) groups excluding carboxylic acids is 2. The minimum absolute atomic E-state index is 0.00459. The Morgan fingerprint density at radius 1 is 1.22 bits per heavy atom. The van der Waals surface area contributed by atoms with Gasteiger partial charge in [-0.15, -0.1) is 0 Å². The van der Waals surface area contributed by atoms with E-state index in [1.807, 2.05) is 13.0 Å². The van der Waals surface area contributed by atoms with Crippen molar-refractivity contribution < 1.29 is 14.7 Å². The quantitative estimate of drug-likeness (QED) is 0.727. The van der Waals surface area contributed by atoms with E-state index in [-0.39, 0.29) is 23.6 Å². The van der Waals surface area contributed by atoms with Gasteiger partial charge in [-0.05, 0) is 50.3 Å². The molecule has 3 N–H and O–H groups in total. The molecule has 2 amide bonds. The highest BCUT2D eigenvalue weighted by atomic mass is 16.3. The zero-order valence-electron chi connectivity index (χ0n) is 15.4. The van der Waals surface area contributed by atoms with Crippen molar-refractivity contribution in [1.82, 2.24) is 15.1 Å². The van der Waals surface area contributed by atoms with Crippen LogP contribution in [0.3, 0.4) is 0 Å². The van der Waals surface area contributed by atoms with Crippen molar-refractivity contribution in [2.45, 2.75) is 44.9 Å². The maximum absolute atomic E-state index is 12.4. The molecule has 1 aromatic heterocycles. The molecular formula is C20H24N4O3. The second kappa shape index (κ2) is 7.06. The van der Waals surface area contributed by atoms with Gasteiger partial charge in [0, 0.05) is 35.7 Å². The number of aromatic hydroxyl groups is 1. The molecule has 7 nitrogen and oxygen atoms in total. The molecule has 142 valence electrons. The van der Waals surface area contributed by atoms with Gasteiger partial charge in [-0.25, -0.2) is 4.79 Å². The molecule has 0 bridgehead atoms. The van der Waals surface area contributed by atoms with E-state index in [1.54, 1.807) is 12.1 Å². The molecule has 1 aromatic carbocycles. The third-order valence-corrected chi connectivity index (χ3v) is 4.94. The van der Waals surface area contributed by atoms with E-state index < -0.39 is 0 Å². The molecule has 2 fully saturated rings. The van der Waals surface area contributed by atoms with Crippen LogP contribution in [0.2, 0.25) is 0 Å². The summed E-state index contributed by atoms with van der Waals surface area (Å²) in [4.78, 5) is 24.3. The van der Waals surface area contributed by atoms with Gasteiger partial charge in [0.2, 0.25) is 5.91 Å². The lowest BCUT2D eigenvalue weighted by atomic mass is 10.1. The number of phenolic OH excluding ortho intramolecular Hbond substituents is 1. The highest BCUT2D eigenvalue weighted by Crippen LogP contribution is 2.42. The normalized spacial score (nSPS) is 16.2. The zero-order valence-corrected chi connectivity index (χ0v) is 15.4. The minimum atomic E-state index is -0.238. The summed E-state index contributed by atoms with van der Waals surface area (Å²) in [7, 11) is 0. The Bertz CT molecular complexity index is 881. The van der Waals surface area contributed by atoms with Gasteiger partial charge in [0.25, 0.3) is 0 Å².